The second-order valence-corrected chi connectivity index (χ2v) is 17.7. The Kier molecular flexibility index (Phi) is 12.2. The van der Waals surface area contributed by atoms with E-state index < -0.39 is 0 Å². The van der Waals surface area contributed by atoms with Crippen LogP contribution in [0.5, 0.6) is 0 Å². The second kappa shape index (κ2) is 18.4. The molecule has 2 aliphatic heterocycles. The Morgan fingerprint density at radius 3 is 1.13 bits per heavy atom. The Labute approximate surface area is 384 Å². The standard InChI is InChI=1S/C50H38N6O3S4/c1-3-53-47(57)43(62-49(53)60)31-33-15-23-39(24-16-33)55(37-11-7-5-8-12-37)41-27-19-35(20-28-41)45-51-52-46(59-45)36-21-29-42(30-22-36)56(38-13-9-6-10-14-38)40-25-17-34(18-26-40)32-44-48(58)54(4-2)50(61)63-44/h5-32H,3-4H2,1-2H3. The Morgan fingerprint density at radius 1 is 0.492 bits per heavy atom. The molecule has 2 amide bonds. The molecule has 310 valence electrons. The molecule has 0 aliphatic carbocycles. The van der Waals surface area contributed by atoms with Crippen LogP contribution in [0, 0.1) is 0 Å². The summed E-state index contributed by atoms with van der Waals surface area (Å²) in [5.41, 5.74) is 9.22. The lowest BCUT2D eigenvalue weighted by atomic mass is 10.1. The number of hydrogen-bond donors (Lipinski definition) is 0. The number of aromatic nitrogens is 2. The van der Waals surface area contributed by atoms with Gasteiger partial charge < -0.3 is 14.2 Å². The molecule has 0 N–H and O–H groups in total. The van der Waals surface area contributed by atoms with Gasteiger partial charge in [-0.25, -0.2) is 0 Å². The molecule has 2 saturated heterocycles. The van der Waals surface area contributed by atoms with E-state index in [1.807, 2.05) is 159 Å². The normalized spacial score (nSPS) is 15.3. The van der Waals surface area contributed by atoms with E-state index in [1.54, 1.807) is 9.80 Å². The highest BCUT2D eigenvalue weighted by Crippen LogP contribution is 2.39. The third-order valence-corrected chi connectivity index (χ3v) is 13.2. The first-order chi connectivity index (χ1) is 30.8. The number of likely N-dealkylation sites (N-methyl/N-ethyl adjacent to an activating group) is 2. The van der Waals surface area contributed by atoms with Crippen LogP contribution in [-0.2, 0) is 9.59 Å². The van der Waals surface area contributed by atoms with Gasteiger partial charge in [-0.1, -0.05) is 109 Å². The summed E-state index contributed by atoms with van der Waals surface area (Å²) in [6.45, 7) is 4.96. The van der Waals surface area contributed by atoms with Crippen molar-refractivity contribution in [3.63, 3.8) is 0 Å². The number of carbonyl (C=O) groups is 2. The lowest BCUT2D eigenvalue weighted by Gasteiger charge is -2.25. The monoisotopic (exact) mass is 898 g/mol. The van der Waals surface area contributed by atoms with Gasteiger partial charge in [0.05, 0.1) is 9.81 Å². The van der Waals surface area contributed by atoms with Crippen LogP contribution in [0.25, 0.3) is 35.1 Å². The van der Waals surface area contributed by atoms with Crippen molar-refractivity contribution >= 4 is 115 Å². The molecule has 7 aromatic rings. The molecule has 13 heteroatoms. The molecule has 9 nitrogen and oxygen atoms in total. The van der Waals surface area contributed by atoms with E-state index in [9.17, 15) is 9.59 Å². The van der Waals surface area contributed by atoms with Crippen molar-refractivity contribution in [2.45, 2.75) is 13.8 Å². The van der Waals surface area contributed by atoms with E-state index >= 15 is 0 Å². The maximum Gasteiger partial charge on any atom is 0.266 e. The summed E-state index contributed by atoms with van der Waals surface area (Å²) < 4.78 is 7.43. The lowest BCUT2D eigenvalue weighted by Crippen LogP contribution is -2.27. The fraction of sp³-hybridized carbons (Fsp3) is 0.0800. The van der Waals surface area contributed by atoms with Gasteiger partial charge in [-0.3, -0.25) is 19.4 Å². The van der Waals surface area contributed by atoms with Crippen molar-refractivity contribution in [2.24, 2.45) is 0 Å². The minimum atomic E-state index is -0.0536. The maximum absolute atomic E-state index is 12.8. The highest BCUT2D eigenvalue weighted by Gasteiger charge is 2.31. The van der Waals surface area contributed by atoms with Gasteiger partial charge in [0.15, 0.2) is 0 Å². The highest BCUT2D eigenvalue weighted by atomic mass is 32.2. The molecule has 0 atom stereocenters. The molecule has 63 heavy (non-hydrogen) atoms. The molecule has 2 fully saturated rings. The van der Waals surface area contributed by atoms with E-state index in [-0.39, 0.29) is 11.8 Å². The van der Waals surface area contributed by atoms with Crippen molar-refractivity contribution in [1.82, 2.24) is 20.0 Å². The van der Waals surface area contributed by atoms with Gasteiger partial charge in [0.1, 0.15) is 8.64 Å². The van der Waals surface area contributed by atoms with Gasteiger partial charge in [-0.05, 0) is 134 Å². The van der Waals surface area contributed by atoms with Gasteiger partial charge in [0, 0.05) is 58.3 Å². The predicted octanol–water partition coefficient (Wildman–Crippen LogP) is 12.8. The fourth-order valence-corrected chi connectivity index (χ4v) is 10.1. The summed E-state index contributed by atoms with van der Waals surface area (Å²) >= 11 is 13.5. The highest BCUT2D eigenvalue weighted by molar-refractivity contribution is 8.27. The van der Waals surface area contributed by atoms with Crippen LogP contribution < -0.4 is 9.80 Å². The molecule has 0 bridgehead atoms. The first kappa shape index (κ1) is 41.7. The quantitative estimate of drug-likeness (QED) is 0.0868. The molecule has 6 aromatic carbocycles. The van der Waals surface area contributed by atoms with Crippen molar-refractivity contribution in [2.75, 3.05) is 22.9 Å². The second-order valence-electron chi connectivity index (χ2n) is 14.4. The van der Waals surface area contributed by atoms with Crippen LogP contribution >= 0.6 is 48.0 Å². The molecule has 3 heterocycles. The van der Waals surface area contributed by atoms with E-state index in [4.69, 9.17) is 28.9 Å². The van der Waals surface area contributed by atoms with Crippen molar-refractivity contribution in [3.05, 3.63) is 179 Å². The van der Waals surface area contributed by atoms with E-state index in [1.165, 1.54) is 23.5 Å². The molecule has 2 aliphatic rings. The minimum Gasteiger partial charge on any atom is -0.416 e. The number of benzene rings is 6. The summed E-state index contributed by atoms with van der Waals surface area (Å²) in [4.78, 5) is 34.4. The maximum atomic E-state index is 12.8. The molecule has 0 unspecified atom stereocenters. The van der Waals surface area contributed by atoms with Gasteiger partial charge >= 0.3 is 0 Å². The number of para-hydroxylation sites is 2. The molecule has 0 spiro atoms. The van der Waals surface area contributed by atoms with Crippen molar-refractivity contribution < 1.29 is 14.0 Å². The van der Waals surface area contributed by atoms with E-state index in [2.05, 4.69) is 44.3 Å². The van der Waals surface area contributed by atoms with Crippen LogP contribution in [0.2, 0.25) is 0 Å². The van der Waals surface area contributed by atoms with Crippen LogP contribution in [0.15, 0.2) is 172 Å². The van der Waals surface area contributed by atoms with Crippen LogP contribution in [0.3, 0.4) is 0 Å². The zero-order valence-electron chi connectivity index (χ0n) is 34.1. The number of thiocarbonyl (C=S) groups is 2. The minimum absolute atomic E-state index is 0.0536. The van der Waals surface area contributed by atoms with Gasteiger partial charge in [0.2, 0.25) is 11.8 Å². The van der Waals surface area contributed by atoms with Gasteiger partial charge in [0.25, 0.3) is 11.8 Å². The Bertz CT molecular complexity index is 2690. The van der Waals surface area contributed by atoms with E-state index in [0.717, 1.165) is 56.4 Å². The average molecular weight is 899 g/mol. The Balaban J connectivity index is 0.933. The molecule has 9 rings (SSSR count). The average Bonchev–Trinajstić information content (AvgIpc) is 4.00. The third-order valence-electron chi connectivity index (χ3n) is 10.5. The zero-order chi connectivity index (χ0) is 43.5. The summed E-state index contributed by atoms with van der Waals surface area (Å²) in [6.07, 6.45) is 3.79. The van der Waals surface area contributed by atoms with E-state index in [0.29, 0.717) is 43.3 Å². The van der Waals surface area contributed by atoms with Crippen molar-refractivity contribution in [3.8, 4) is 22.9 Å². The van der Waals surface area contributed by atoms with Crippen LogP contribution in [-0.4, -0.2) is 53.5 Å². The summed E-state index contributed by atoms with van der Waals surface area (Å²) in [5.74, 6) is 0.712. The lowest BCUT2D eigenvalue weighted by molar-refractivity contribution is -0.122. The third kappa shape index (κ3) is 8.73. The predicted molar refractivity (Wildman–Crippen MR) is 266 cm³/mol. The number of anilines is 6. The molecule has 1 aromatic heterocycles. The molecular formula is C50H38N6O3S4. The SMILES string of the molecule is CCN1C(=O)C(=Cc2ccc(N(c3ccccc3)c3ccc(-c4nnc(-c5ccc(N(c6ccccc6)c6ccc(C=C7SC(=S)N(CC)C7=O)cc6)cc5)o4)cc3)cc2)SC1=S. The topological polar surface area (TPSA) is 86.0 Å². The summed E-state index contributed by atoms with van der Waals surface area (Å²) in [7, 11) is 0. The Morgan fingerprint density at radius 2 is 0.810 bits per heavy atom. The summed E-state index contributed by atoms with van der Waals surface area (Å²) in [5, 5.41) is 8.84. The number of thioether (sulfide) groups is 2. The molecule has 0 radical (unpaired) electrons. The first-order valence-corrected chi connectivity index (χ1v) is 22.7. The zero-order valence-corrected chi connectivity index (χ0v) is 37.4. The fourth-order valence-electron chi connectivity index (χ4n) is 7.30. The largest absolute Gasteiger partial charge is 0.416 e. The van der Waals surface area contributed by atoms with Gasteiger partial charge in [-0.2, -0.15) is 0 Å². The molecular weight excluding hydrogens is 861 g/mol. The number of hydrogen-bond acceptors (Lipinski definition) is 11. The Hall–Kier alpha value is -6.64. The number of nitrogens with zero attached hydrogens (tertiary/aromatic N) is 6. The molecule has 0 saturated carbocycles. The number of amides is 2. The van der Waals surface area contributed by atoms with Crippen LogP contribution in [0.1, 0.15) is 25.0 Å². The van der Waals surface area contributed by atoms with Gasteiger partial charge in [-0.15, -0.1) is 10.2 Å². The smallest absolute Gasteiger partial charge is 0.266 e. The van der Waals surface area contributed by atoms with Crippen LogP contribution in [0.4, 0.5) is 34.1 Å². The van der Waals surface area contributed by atoms with Crippen molar-refractivity contribution in [1.29, 1.82) is 0 Å². The number of carbonyl (C=O) groups excluding carboxylic acids is 2. The first-order valence-electron chi connectivity index (χ1n) is 20.2. The number of rotatable bonds is 12. The summed E-state index contributed by atoms with van der Waals surface area (Å²) in [6, 6.07) is 52.6.